The predicted molar refractivity (Wildman–Crippen MR) is 221 cm³/mol. The summed E-state index contributed by atoms with van der Waals surface area (Å²) in [5.41, 5.74) is 17.4. The number of furan rings is 1. The first-order chi connectivity index (χ1) is 26.3. The maximum atomic E-state index is 6.22. The largest absolute Gasteiger partial charge is 0.456 e. The predicted octanol–water partition coefficient (Wildman–Crippen LogP) is 13.8. The van der Waals surface area contributed by atoms with Gasteiger partial charge in [-0.1, -0.05) is 133 Å². The molecule has 1 unspecified atom stereocenters. The van der Waals surface area contributed by atoms with Crippen LogP contribution >= 0.6 is 0 Å². The van der Waals surface area contributed by atoms with Crippen molar-refractivity contribution in [3.8, 4) is 39.1 Å². The van der Waals surface area contributed by atoms with Gasteiger partial charge in [-0.3, -0.25) is 0 Å². The Morgan fingerprint density at radius 2 is 1.13 bits per heavy atom. The van der Waals surface area contributed by atoms with Gasteiger partial charge in [-0.25, -0.2) is 0 Å². The number of nitrogens with zero attached hydrogens (tertiary/aromatic N) is 1. The van der Waals surface area contributed by atoms with E-state index < -0.39 is 0 Å². The second-order valence-corrected chi connectivity index (χ2v) is 14.4. The molecule has 2 nitrogen and oxygen atoms in total. The number of para-hydroxylation sites is 3. The summed E-state index contributed by atoms with van der Waals surface area (Å²) in [4.78, 5) is 0. The zero-order valence-electron chi connectivity index (χ0n) is 29.2. The van der Waals surface area contributed by atoms with Gasteiger partial charge in [-0.15, -0.1) is 0 Å². The van der Waals surface area contributed by atoms with Crippen LogP contribution in [0.3, 0.4) is 0 Å². The Labute approximate surface area is 308 Å². The fourth-order valence-corrected chi connectivity index (χ4v) is 9.03. The second-order valence-electron chi connectivity index (χ2n) is 14.4. The minimum atomic E-state index is 0.353. The lowest BCUT2D eigenvalue weighted by molar-refractivity contribution is 0.669. The van der Waals surface area contributed by atoms with Gasteiger partial charge in [0.2, 0.25) is 0 Å². The summed E-state index contributed by atoms with van der Waals surface area (Å²) in [6, 6.07) is 66.5. The van der Waals surface area contributed by atoms with Gasteiger partial charge in [0.25, 0.3) is 0 Å². The molecular formula is C51H35NO. The zero-order chi connectivity index (χ0) is 34.9. The van der Waals surface area contributed by atoms with Gasteiger partial charge in [0.05, 0.1) is 11.0 Å². The van der Waals surface area contributed by atoms with Gasteiger partial charge in [0.15, 0.2) is 0 Å². The summed E-state index contributed by atoms with van der Waals surface area (Å²) in [5.74, 6) is 0.353. The highest BCUT2D eigenvalue weighted by molar-refractivity contribution is 6.12. The molecule has 0 saturated carbocycles. The van der Waals surface area contributed by atoms with E-state index in [4.69, 9.17) is 4.42 Å². The van der Waals surface area contributed by atoms with Gasteiger partial charge in [-0.2, -0.15) is 0 Å². The first-order valence-electron chi connectivity index (χ1n) is 18.6. The molecule has 0 radical (unpaired) electrons. The van der Waals surface area contributed by atoms with E-state index >= 15 is 0 Å². The van der Waals surface area contributed by atoms with E-state index in [1.54, 1.807) is 0 Å². The van der Waals surface area contributed by atoms with E-state index in [9.17, 15) is 0 Å². The van der Waals surface area contributed by atoms with Crippen LogP contribution in [0.1, 0.15) is 29.0 Å². The molecule has 53 heavy (non-hydrogen) atoms. The Balaban J connectivity index is 0.937. The van der Waals surface area contributed by atoms with Gasteiger partial charge in [-0.05, 0) is 111 Å². The Kier molecular flexibility index (Phi) is 6.78. The van der Waals surface area contributed by atoms with Crippen LogP contribution in [0.25, 0.3) is 82.8 Å². The zero-order valence-corrected chi connectivity index (χ0v) is 29.2. The van der Waals surface area contributed by atoms with Crippen LogP contribution in [0.15, 0.2) is 186 Å². The van der Waals surface area contributed by atoms with Crippen molar-refractivity contribution in [1.82, 2.24) is 4.57 Å². The number of aromatic nitrogens is 1. The normalized spacial score (nSPS) is 13.6. The summed E-state index contributed by atoms with van der Waals surface area (Å²) >= 11 is 0. The van der Waals surface area contributed by atoms with Gasteiger partial charge < -0.3 is 8.98 Å². The lowest BCUT2D eigenvalue weighted by Crippen LogP contribution is -1.99. The van der Waals surface area contributed by atoms with Crippen LogP contribution in [0.4, 0.5) is 0 Å². The van der Waals surface area contributed by atoms with E-state index in [2.05, 4.69) is 180 Å². The van der Waals surface area contributed by atoms with Gasteiger partial charge >= 0.3 is 0 Å². The first kappa shape index (κ1) is 30.0. The molecule has 0 N–H and O–H groups in total. The van der Waals surface area contributed by atoms with Crippen molar-refractivity contribution < 1.29 is 4.42 Å². The molecule has 0 bridgehead atoms. The molecule has 1 aliphatic carbocycles. The Hall–Kier alpha value is -6.64. The summed E-state index contributed by atoms with van der Waals surface area (Å²) in [6.45, 7) is 0. The monoisotopic (exact) mass is 677 g/mol. The fraction of sp³-hybridized carbons (Fsp3) is 0.0588. The Bertz CT molecular complexity index is 3020. The Morgan fingerprint density at radius 1 is 0.434 bits per heavy atom. The van der Waals surface area contributed by atoms with Crippen molar-refractivity contribution in [2.24, 2.45) is 0 Å². The maximum Gasteiger partial charge on any atom is 0.136 e. The minimum absolute atomic E-state index is 0.353. The topological polar surface area (TPSA) is 18.1 Å². The van der Waals surface area contributed by atoms with Crippen LogP contribution < -0.4 is 0 Å². The third kappa shape index (κ3) is 4.80. The molecule has 0 saturated heterocycles. The smallest absolute Gasteiger partial charge is 0.136 e. The van der Waals surface area contributed by atoms with Crippen molar-refractivity contribution in [1.29, 1.82) is 0 Å². The molecule has 0 aliphatic heterocycles. The van der Waals surface area contributed by atoms with Gasteiger partial charge in [0, 0.05) is 33.2 Å². The van der Waals surface area contributed by atoms with Crippen LogP contribution in [-0.4, -0.2) is 4.57 Å². The minimum Gasteiger partial charge on any atom is -0.456 e. The van der Waals surface area contributed by atoms with E-state index in [1.807, 2.05) is 6.07 Å². The summed E-state index contributed by atoms with van der Waals surface area (Å²) in [6.07, 6.45) is 2.05. The van der Waals surface area contributed by atoms with Crippen molar-refractivity contribution in [3.05, 3.63) is 199 Å². The average molecular weight is 678 g/mol. The average Bonchev–Trinajstić information content (AvgIpc) is 3.87. The standard InChI is InChI=1S/C51H35NO/c1-2-14-37(15-3-1)52-47-21-8-6-18-43(47)46-32-35(26-29-48(46)52)34-25-28-42-41(39-16-4-5-17-40(39)45(42)31-34)27-24-33-12-10-13-36(30-33)38-20-11-23-50-51(38)44-19-7-9-22-49(44)53-50/h1-23,25-26,28-32,41H,24,27H2. The molecule has 2 aromatic heterocycles. The molecule has 2 heteroatoms. The maximum absolute atomic E-state index is 6.22. The number of rotatable bonds is 6. The highest BCUT2D eigenvalue weighted by atomic mass is 16.3. The van der Waals surface area contributed by atoms with E-state index in [0.717, 1.165) is 24.0 Å². The molecule has 2 heterocycles. The molecule has 1 aliphatic rings. The number of benzene rings is 8. The third-order valence-corrected chi connectivity index (χ3v) is 11.4. The van der Waals surface area contributed by atoms with E-state index in [0.29, 0.717) is 5.92 Å². The first-order valence-corrected chi connectivity index (χ1v) is 18.6. The van der Waals surface area contributed by atoms with Crippen molar-refractivity contribution >= 4 is 43.7 Å². The molecule has 11 rings (SSSR count). The van der Waals surface area contributed by atoms with E-state index in [1.165, 1.54) is 88.3 Å². The van der Waals surface area contributed by atoms with Crippen molar-refractivity contribution in [2.75, 3.05) is 0 Å². The second kappa shape index (κ2) is 12.0. The van der Waals surface area contributed by atoms with Crippen LogP contribution in [0, 0.1) is 0 Å². The third-order valence-electron chi connectivity index (χ3n) is 11.4. The quantitative estimate of drug-likeness (QED) is 0.171. The molecule has 0 fully saturated rings. The van der Waals surface area contributed by atoms with Crippen LogP contribution in [-0.2, 0) is 6.42 Å². The lowest BCUT2D eigenvalue weighted by atomic mass is 9.89. The van der Waals surface area contributed by atoms with Crippen molar-refractivity contribution in [3.63, 3.8) is 0 Å². The van der Waals surface area contributed by atoms with Crippen LogP contribution in [0.2, 0.25) is 0 Å². The van der Waals surface area contributed by atoms with Crippen molar-refractivity contribution in [2.45, 2.75) is 18.8 Å². The molecule has 10 aromatic rings. The fourth-order valence-electron chi connectivity index (χ4n) is 9.03. The van der Waals surface area contributed by atoms with E-state index in [-0.39, 0.29) is 0 Å². The summed E-state index contributed by atoms with van der Waals surface area (Å²) < 4.78 is 8.60. The lowest BCUT2D eigenvalue weighted by Gasteiger charge is -2.15. The molecular weight excluding hydrogens is 643 g/mol. The molecule has 0 amide bonds. The summed E-state index contributed by atoms with van der Waals surface area (Å²) in [7, 11) is 0. The molecule has 8 aromatic carbocycles. The van der Waals surface area contributed by atoms with Gasteiger partial charge in [0.1, 0.15) is 11.2 Å². The number of fused-ring (bicyclic) bond motifs is 9. The Morgan fingerprint density at radius 3 is 2.08 bits per heavy atom. The number of hydrogen-bond donors (Lipinski definition) is 0. The highest BCUT2D eigenvalue weighted by Crippen LogP contribution is 2.48. The molecule has 250 valence electrons. The summed E-state index contributed by atoms with van der Waals surface area (Å²) in [5, 5.41) is 4.91. The highest BCUT2D eigenvalue weighted by Gasteiger charge is 2.28. The van der Waals surface area contributed by atoms with Crippen LogP contribution in [0.5, 0.6) is 0 Å². The number of hydrogen-bond acceptors (Lipinski definition) is 1. The molecule has 0 spiro atoms. The SMILES string of the molecule is c1ccc(-n2c3ccccc3c3cc(-c4ccc5c(c4)-c4ccccc4C5CCc4cccc(-c5cccc6oc7ccccc7c56)c4)ccc32)cc1. The molecule has 1 atom stereocenters. The number of aryl methyl sites for hydroxylation is 1.